The van der Waals surface area contributed by atoms with Crippen LogP contribution < -0.4 is 10.6 Å². The standard InChI is InChI=1S/C30H34N4O5S/c1-19-9-7-8-12-21(19)16-32-28(38)26-30(2,3)40-18-34(26)29(39)25(36)24(15-20-10-5-4-6-11-20)33-27(37)23-14-13-22(35)17-31-23/h4-14,17,24-26,35-36H,15-16,18H2,1-3H3,(H,32,38)(H,33,37)/t24-,25-,26+/m0/s1. The molecule has 3 amide bonds. The van der Waals surface area contributed by atoms with Gasteiger partial charge in [0.2, 0.25) is 5.91 Å². The fraction of sp³-hybridized carbons (Fsp3) is 0.333. The maximum absolute atomic E-state index is 13.8. The molecule has 0 bridgehead atoms. The third-order valence-electron chi connectivity index (χ3n) is 7.02. The molecule has 3 aromatic rings. The Morgan fingerprint density at radius 2 is 1.77 bits per heavy atom. The van der Waals surface area contributed by atoms with Crippen LogP contribution >= 0.6 is 11.8 Å². The number of hydrogen-bond acceptors (Lipinski definition) is 7. The number of nitrogens with zero attached hydrogens (tertiary/aromatic N) is 2. The van der Waals surface area contributed by atoms with E-state index in [4.69, 9.17) is 0 Å². The maximum Gasteiger partial charge on any atom is 0.270 e. The highest BCUT2D eigenvalue weighted by atomic mass is 32.2. The molecule has 2 aromatic carbocycles. The Morgan fingerprint density at radius 1 is 1.07 bits per heavy atom. The van der Waals surface area contributed by atoms with Gasteiger partial charge < -0.3 is 25.7 Å². The van der Waals surface area contributed by atoms with E-state index in [0.29, 0.717) is 6.54 Å². The lowest BCUT2D eigenvalue weighted by atomic mass is 9.97. The third kappa shape index (κ3) is 6.81. The van der Waals surface area contributed by atoms with Gasteiger partial charge in [-0.1, -0.05) is 54.6 Å². The van der Waals surface area contributed by atoms with Crippen molar-refractivity contribution in [3.05, 3.63) is 95.3 Å². The highest BCUT2D eigenvalue weighted by Crippen LogP contribution is 2.40. The molecule has 1 aliphatic heterocycles. The lowest BCUT2D eigenvalue weighted by Gasteiger charge is -2.33. The number of nitrogens with one attached hydrogen (secondary N) is 2. The number of rotatable bonds is 9. The third-order valence-corrected chi connectivity index (χ3v) is 8.40. The summed E-state index contributed by atoms with van der Waals surface area (Å²) in [5, 5.41) is 26.6. The van der Waals surface area contributed by atoms with E-state index >= 15 is 0 Å². The van der Waals surface area contributed by atoms with Crippen molar-refractivity contribution in [1.82, 2.24) is 20.5 Å². The molecule has 40 heavy (non-hydrogen) atoms. The van der Waals surface area contributed by atoms with Crippen molar-refractivity contribution >= 4 is 29.5 Å². The highest BCUT2D eigenvalue weighted by Gasteiger charge is 2.49. The molecule has 1 aliphatic rings. The Morgan fingerprint density at radius 3 is 2.45 bits per heavy atom. The minimum Gasteiger partial charge on any atom is -0.506 e. The quantitative estimate of drug-likeness (QED) is 0.315. The maximum atomic E-state index is 13.8. The van der Waals surface area contributed by atoms with Gasteiger partial charge in [0.25, 0.3) is 11.8 Å². The first-order valence-corrected chi connectivity index (χ1v) is 14.0. The van der Waals surface area contributed by atoms with E-state index in [2.05, 4.69) is 15.6 Å². The largest absolute Gasteiger partial charge is 0.506 e. The van der Waals surface area contributed by atoms with E-state index in [1.807, 2.05) is 75.4 Å². The molecule has 4 rings (SSSR count). The van der Waals surface area contributed by atoms with Crippen LogP contribution in [-0.4, -0.2) is 66.6 Å². The average Bonchev–Trinajstić information content (AvgIpc) is 3.27. The molecule has 2 heterocycles. The normalized spacial score (nSPS) is 17.6. The van der Waals surface area contributed by atoms with Crippen LogP contribution in [0.2, 0.25) is 0 Å². The predicted octanol–water partition coefficient (Wildman–Crippen LogP) is 2.79. The second kappa shape index (κ2) is 12.5. The fourth-order valence-electron chi connectivity index (χ4n) is 4.71. The zero-order valence-corrected chi connectivity index (χ0v) is 23.5. The van der Waals surface area contributed by atoms with Crippen molar-refractivity contribution in [3.63, 3.8) is 0 Å². The van der Waals surface area contributed by atoms with E-state index in [0.717, 1.165) is 22.9 Å². The van der Waals surface area contributed by atoms with Gasteiger partial charge in [0.1, 0.15) is 17.5 Å². The molecule has 1 saturated heterocycles. The van der Waals surface area contributed by atoms with Gasteiger partial charge in [-0.25, -0.2) is 4.98 Å². The molecule has 1 aromatic heterocycles. The molecule has 4 N–H and O–H groups in total. The second-order valence-corrected chi connectivity index (χ2v) is 11.9. The highest BCUT2D eigenvalue weighted by molar-refractivity contribution is 8.00. The molecule has 0 unspecified atom stereocenters. The summed E-state index contributed by atoms with van der Waals surface area (Å²) in [6.07, 6.45) is -0.305. The summed E-state index contributed by atoms with van der Waals surface area (Å²) >= 11 is 1.45. The van der Waals surface area contributed by atoms with Gasteiger partial charge in [0.05, 0.1) is 18.1 Å². The molecular formula is C30H34N4O5S. The molecule has 1 fully saturated rings. The SMILES string of the molecule is Cc1ccccc1CNC(=O)[C@H]1N(C(=O)[C@@H](O)[C@H](Cc2ccccc2)NC(=O)c2ccc(O)cn2)CSC1(C)C. The number of pyridine rings is 1. The topological polar surface area (TPSA) is 132 Å². The first-order chi connectivity index (χ1) is 19.1. The predicted molar refractivity (Wildman–Crippen MR) is 154 cm³/mol. The smallest absolute Gasteiger partial charge is 0.270 e. The van der Waals surface area contributed by atoms with Crippen LogP contribution in [-0.2, 0) is 22.6 Å². The van der Waals surface area contributed by atoms with E-state index in [1.165, 1.54) is 28.8 Å². The zero-order chi connectivity index (χ0) is 28.9. The molecule has 9 nitrogen and oxygen atoms in total. The number of aryl methyl sites for hydroxylation is 1. The number of aliphatic hydroxyl groups excluding tert-OH is 1. The Hall–Kier alpha value is -3.89. The van der Waals surface area contributed by atoms with Crippen LogP contribution in [0.3, 0.4) is 0 Å². The first kappa shape index (κ1) is 29.1. The molecule has 10 heteroatoms. The molecule has 210 valence electrons. The van der Waals surface area contributed by atoms with E-state index in [-0.39, 0.29) is 29.6 Å². The average molecular weight is 563 g/mol. The molecule has 0 radical (unpaired) electrons. The van der Waals surface area contributed by atoms with Gasteiger partial charge in [-0.2, -0.15) is 0 Å². The van der Waals surface area contributed by atoms with Gasteiger partial charge in [0, 0.05) is 11.3 Å². The van der Waals surface area contributed by atoms with Crippen LogP contribution in [0.25, 0.3) is 0 Å². The summed E-state index contributed by atoms with van der Waals surface area (Å²) in [5.74, 6) is -1.42. The Kier molecular flexibility index (Phi) is 9.11. The summed E-state index contributed by atoms with van der Waals surface area (Å²) in [4.78, 5) is 45.5. The number of amides is 3. The lowest BCUT2D eigenvalue weighted by Crippen LogP contribution is -2.58. The number of aromatic hydroxyl groups is 1. The number of benzene rings is 2. The Labute approximate surface area is 238 Å². The van der Waals surface area contributed by atoms with Gasteiger partial charge in [-0.05, 0) is 56.0 Å². The summed E-state index contributed by atoms with van der Waals surface area (Å²) in [6.45, 7) is 6.08. The van der Waals surface area contributed by atoms with Gasteiger partial charge in [-0.15, -0.1) is 11.8 Å². The summed E-state index contributed by atoms with van der Waals surface area (Å²) in [6, 6.07) is 17.8. The monoisotopic (exact) mass is 562 g/mol. The van der Waals surface area contributed by atoms with Crippen molar-refractivity contribution in [2.75, 3.05) is 5.88 Å². The summed E-state index contributed by atoms with van der Waals surface area (Å²) < 4.78 is -0.598. The molecule has 0 aliphatic carbocycles. The van der Waals surface area contributed by atoms with E-state index < -0.39 is 34.7 Å². The van der Waals surface area contributed by atoms with Crippen molar-refractivity contribution < 1.29 is 24.6 Å². The number of hydrogen-bond donors (Lipinski definition) is 4. The van der Waals surface area contributed by atoms with Crippen molar-refractivity contribution in [3.8, 4) is 5.75 Å². The van der Waals surface area contributed by atoms with Gasteiger partial charge in [-0.3, -0.25) is 14.4 Å². The molecule has 0 saturated carbocycles. The Bertz CT molecular complexity index is 1350. The number of carbonyl (C=O) groups excluding carboxylic acids is 3. The summed E-state index contributed by atoms with van der Waals surface area (Å²) in [7, 11) is 0. The van der Waals surface area contributed by atoms with Crippen LogP contribution in [0.15, 0.2) is 72.9 Å². The van der Waals surface area contributed by atoms with E-state index in [9.17, 15) is 24.6 Å². The molecule has 0 spiro atoms. The number of aliphatic hydroxyl groups is 1. The minimum absolute atomic E-state index is 0.0295. The zero-order valence-electron chi connectivity index (χ0n) is 22.7. The van der Waals surface area contributed by atoms with Crippen LogP contribution in [0.4, 0.5) is 0 Å². The first-order valence-electron chi connectivity index (χ1n) is 13.0. The van der Waals surface area contributed by atoms with E-state index in [1.54, 1.807) is 0 Å². The second-order valence-electron chi connectivity index (χ2n) is 10.3. The molecule has 3 atom stereocenters. The van der Waals surface area contributed by atoms with Crippen LogP contribution in [0, 0.1) is 6.92 Å². The number of carbonyl (C=O) groups is 3. The van der Waals surface area contributed by atoms with Crippen molar-refractivity contribution in [2.45, 2.75) is 56.7 Å². The number of aromatic nitrogens is 1. The van der Waals surface area contributed by atoms with Crippen molar-refractivity contribution in [2.24, 2.45) is 0 Å². The van der Waals surface area contributed by atoms with Gasteiger partial charge in [0.15, 0.2) is 6.10 Å². The lowest BCUT2D eigenvalue weighted by molar-refractivity contribution is -0.147. The Balaban J connectivity index is 1.54. The fourth-order valence-corrected chi connectivity index (χ4v) is 5.85. The van der Waals surface area contributed by atoms with Crippen LogP contribution in [0.1, 0.15) is 41.0 Å². The molecular weight excluding hydrogens is 528 g/mol. The minimum atomic E-state index is -1.62. The number of thioether (sulfide) groups is 1. The van der Waals surface area contributed by atoms with Crippen LogP contribution in [0.5, 0.6) is 5.75 Å². The van der Waals surface area contributed by atoms with Crippen molar-refractivity contribution in [1.29, 1.82) is 0 Å². The van der Waals surface area contributed by atoms with Gasteiger partial charge >= 0.3 is 0 Å². The summed E-state index contributed by atoms with van der Waals surface area (Å²) in [5.41, 5.74) is 2.86.